The minimum absolute atomic E-state index is 0.307. The summed E-state index contributed by atoms with van der Waals surface area (Å²) in [5.74, 6) is 0.307. The predicted molar refractivity (Wildman–Crippen MR) is 62.1 cm³/mol. The van der Waals surface area contributed by atoms with E-state index in [2.05, 4.69) is 9.82 Å². The second-order valence-electron chi connectivity index (χ2n) is 3.45. The Morgan fingerprint density at radius 1 is 1.62 bits per heavy atom. The van der Waals surface area contributed by atoms with Crippen LogP contribution in [0.3, 0.4) is 0 Å². The molecule has 0 bridgehead atoms. The molecule has 1 aromatic rings. The van der Waals surface area contributed by atoms with Crippen LogP contribution in [0, 0.1) is 0 Å². The third kappa shape index (κ3) is 3.47. The first kappa shape index (κ1) is 12.9. The fourth-order valence-corrected chi connectivity index (χ4v) is 2.01. The number of hydrogen-bond donors (Lipinski definition) is 2. The van der Waals surface area contributed by atoms with E-state index in [1.54, 1.807) is 19.3 Å². The van der Waals surface area contributed by atoms with Crippen LogP contribution in [-0.4, -0.2) is 42.6 Å². The monoisotopic (exact) mass is 247 g/mol. The summed E-state index contributed by atoms with van der Waals surface area (Å²) in [5.41, 5.74) is 5.32. The van der Waals surface area contributed by atoms with Gasteiger partial charge in [-0.05, 0) is 13.0 Å². The third-order valence-corrected chi connectivity index (χ3v) is 3.50. The van der Waals surface area contributed by atoms with E-state index in [9.17, 15) is 8.42 Å². The lowest BCUT2D eigenvalue weighted by atomic mass is 10.4. The van der Waals surface area contributed by atoms with E-state index in [0.29, 0.717) is 25.3 Å². The zero-order valence-electron chi connectivity index (χ0n) is 9.42. The SMILES string of the molecule is CN(CCCN)S(=O)(=O)Nc1ccn(C)n1. The lowest BCUT2D eigenvalue weighted by Crippen LogP contribution is -2.34. The topological polar surface area (TPSA) is 93.2 Å². The number of rotatable bonds is 6. The highest BCUT2D eigenvalue weighted by molar-refractivity contribution is 7.90. The van der Waals surface area contributed by atoms with E-state index in [4.69, 9.17) is 5.73 Å². The normalized spacial score (nSPS) is 12.0. The first-order valence-electron chi connectivity index (χ1n) is 4.89. The summed E-state index contributed by atoms with van der Waals surface area (Å²) in [4.78, 5) is 0. The fraction of sp³-hybridized carbons (Fsp3) is 0.625. The van der Waals surface area contributed by atoms with E-state index in [1.165, 1.54) is 16.0 Å². The van der Waals surface area contributed by atoms with E-state index in [1.807, 2.05) is 0 Å². The molecule has 0 unspecified atom stereocenters. The Hall–Kier alpha value is -1.12. The van der Waals surface area contributed by atoms with Crippen molar-refractivity contribution in [3.8, 4) is 0 Å². The Balaban J connectivity index is 2.64. The van der Waals surface area contributed by atoms with E-state index < -0.39 is 10.2 Å². The van der Waals surface area contributed by atoms with Gasteiger partial charge in [0.05, 0.1) is 0 Å². The molecular formula is C8H17N5O2S. The Morgan fingerprint density at radius 2 is 2.31 bits per heavy atom. The van der Waals surface area contributed by atoms with Crippen molar-refractivity contribution in [2.24, 2.45) is 12.8 Å². The molecule has 92 valence electrons. The zero-order valence-corrected chi connectivity index (χ0v) is 10.2. The molecule has 8 heteroatoms. The molecule has 1 heterocycles. The molecule has 0 atom stereocenters. The van der Waals surface area contributed by atoms with Gasteiger partial charge in [0.25, 0.3) is 0 Å². The summed E-state index contributed by atoms with van der Waals surface area (Å²) in [7, 11) is -0.301. The van der Waals surface area contributed by atoms with Crippen molar-refractivity contribution < 1.29 is 8.42 Å². The molecule has 0 spiro atoms. The Morgan fingerprint density at radius 3 is 2.81 bits per heavy atom. The standard InChI is InChI=1S/C8H17N5O2S/c1-12-7-4-8(10-12)11-16(14,15)13(2)6-3-5-9/h4,7H,3,5-6,9H2,1-2H3,(H,10,11). The van der Waals surface area contributed by atoms with Gasteiger partial charge >= 0.3 is 10.2 Å². The molecule has 0 aliphatic heterocycles. The van der Waals surface area contributed by atoms with Crippen LogP contribution >= 0.6 is 0 Å². The average molecular weight is 247 g/mol. The quantitative estimate of drug-likeness (QED) is 0.699. The van der Waals surface area contributed by atoms with Gasteiger partial charge in [-0.2, -0.15) is 17.8 Å². The average Bonchev–Trinajstić information content (AvgIpc) is 2.59. The first-order valence-corrected chi connectivity index (χ1v) is 6.33. The first-order chi connectivity index (χ1) is 7.45. The summed E-state index contributed by atoms with van der Waals surface area (Å²) in [5, 5.41) is 3.93. The summed E-state index contributed by atoms with van der Waals surface area (Å²) in [6, 6.07) is 1.59. The van der Waals surface area contributed by atoms with Gasteiger partial charge in [0.15, 0.2) is 5.82 Å². The van der Waals surface area contributed by atoms with Gasteiger partial charge in [-0.25, -0.2) is 0 Å². The van der Waals surface area contributed by atoms with Crippen LogP contribution in [-0.2, 0) is 17.3 Å². The van der Waals surface area contributed by atoms with Crippen LogP contribution in [0.5, 0.6) is 0 Å². The van der Waals surface area contributed by atoms with Gasteiger partial charge in [-0.3, -0.25) is 9.40 Å². The molecule has 1 aromatic heterocycles. The van der Waals surface area contributed by atoms with E-state index >= 15 is 0 Å². The number of nitrogens with one attached hydrogen (secondary N) is 1. The molecule has 16 heavy (non-hydrogen) atoms. The second kappa shape index (κ2) is 5.28. The minimum atomic E-state index is -3.52. The Kier molecular flexibility index (Phi) is 4.27. The van der Waals surface area contributed by atoms with E-state index in [-0.39, 0.29) is 0 Å². The van der Waals surface area contributed by atoms with Crippen LogP contribution in [0.25, 0.3) is 0 Å². The number of anilines is 1. The van der Waals surface area contributed by atoms with Crippen LogP contribution in [0.1, 0.15) is 6.42 Å². The summed E-state index contributed by atoms with van der Waals surface area (Å²) in [6.07, 6.45) is 2.29. The minimum Gasteiger partial charge on any atom is -0.330 e. The summed E-state index contributed by atoms with van der Waals surface area (Å²) >= 11 is 0. The van der Waals surface area contributed by atoms with Crippen molar-refractivity contribution in [3.05, 3.63) is 12.3 Å². The van der Waals surface area contributed by atoms with Crippen molar-refractivity contribution >= 4 is 16.0 Å². The maximum atomic E-state index is 11.7. The molecule has 0 aliphatic rings. The van der Waals surface area contributed by atoms with Crippen molar-refractivity contribution in [1.29, 1.82) is 0 Å². The zero-order chi connectivity index (χ0) is 12.2. The van der Waals surface area contributed by atoms with Crippen molar-refractivity contribution in [1.82, 2.24) is 14.1 Å². The highest BCUT2D eigenvalue weighted by Gasteiger charge is 2.17. The number of hydrogen-bond acceptors (Lipinski definition) is 4. The van der Waals surface area contributed by atoms with Crippen molar-refractivity contribution in [3.63, 3.8) is 0 Å². The number of aryl methyl sites for hydroxylation is 1. The van der Waals surface area contributed by atoms with Gasteiger partial charge in [0, 0.05) is 32.9 Å². The third-order valence-electron chi connectivity index (χ3n) is 2.03. The van der Waals surface area contributed by atoms with Crippen LogP contribution in [0.2, 0.25) is 0 Å². The molecule has 1 rings (SSSR count). The summed E-state index contributed by atoms with van der Waals surface area (Å²) < 4.78 is 28.6. The predicted octanol–water partition coefficient (Wildman–Crippen LogP) is -0.643. The Bertz CT molecular complexity index is 427. The van der Waals surface area contributed by atoms with Gasteiger partial charge in [0.1, 0.15) is 0 Å². The molecule has 0 aromatic carbocycles. The molecule has 0 amide bonds. The molecular weight excluding hydrogens is 230 g/mol. The van der Waals surface area contributed by atoms with Crippen LogP contribution < -0.4 is 10.5 Å². The molecule has 0 saturated carbocycles. The van der Waals surface area contributed by atoms with Crippen LogP contribution in [0.4, 0.5) is 5.82 Å². The number of aromatic nitrogens is 2. The van der Waals surface area contributed by atoms with Crippen molar-refractivity contribution in [2.75, 3.05) is 24.9 Å². The second-order valence-corrected chi connectivity index (χ2v) is 5.22. The van der Waals surface area contributed by atoms with Crippen molar-refractivity contribution in [2.45, 2.75) is 6.42 Å². The largest absolute Gasteiger partial charge is 0.330 e. The molecule has 7 nitrogen and oxygen atoms in total. The maximum absolute atomic E-state index is 11.7. The molecule has 0 fully saturated rings. The maximum Gasteiger partial charge on any atom is 0.302 e. The highest BCUT2D eigenvalue weighted by atomic mass is 32.2. The molecule has 0 saturated heterocycles. The van der Waals surface area contributed by atoms with Gasteiger partial charge in [-0.15, -0.1) is 0 Å². The Labute approximate surface area is 95.4 Å². The van der Waals surface area contributed by atoms with Crippen LogP contribution in [0.15, 0.2) is 12.3 Å². The smallest absolute Gasteiger partial charge is 0.302 e. The molecule has 3 N–H and O–H groups in total. The van der Waals surface area contributed by atoms with E-state index in [0.717, 1.165) is 0 Å². The number of nitrogens with two attached hydrogens (primary N) is 1. The highest BCUT2D eigenvalue weighted by Crippen LogP contribution is 2.07. The van der Waals surface area contributed by atoms with Gasteiger partial charge in [0.2, 0.25) is 0 Å². The summed E-state index contributed by atoms with van der Waals surface area (Å²) in [6.45, 7) is 0.849. The van der Waals surface area contributed by atoms with Gasteiger partial charge < -0.3 is 5.73 Å². The lowest BCUT2D eigenvalue weighted by Gasteiger charge is -2.16. The molecule has 0 aliphatic carbocycles. The number of nitrogens with zero attached hydrogens (tertiary/aromatic N) is 3. The molecule has 0 radical (unpaired) electrons. The lowest BCUT2D eigenvalue weighted by molar-refractivity contribution is 0.468. The van der Waals surface area contributed by atoms with Gasteiger partial charge in [-0.1, -0.05) is 0 Å². The fourth-order valence-electron chi connectivity index (χ4n) is 1.11.